The summed E-state index contributed by atoms with van der Waals surface area (Å²) in [4.78, 5) is 40.6. The van der Waals surface area contributed by atoms with Gasteiger partial charge >= 0.3 is 6.09 Å². The van der Waals surface area contributed by atoms with Crippen LogP contribution in [0.15, 0.2) is 59.5 Å². The van der Waals surface area contributed by atoms with E-state index in [0.29, 0.717) is 13.0 Å². The normalized spacial score (nSPS) is 18.8. The molecule has 5 rings (SSSR count). The van der Waals surface area contributed by atoms with Crippen LogP contribution >= 0.6 is 0 Å². The number of hydrogen-bond acceptors (Lipinski definition) is 4. The van der Waals surface area contributed by atoms with Crippen molar-refractivity contribution < 1.29 is 23.5 Å². The lowest BCUT2D eigenvalue weighted by molar-refractivity contribution is 0.0567. The van der Waals surface area contributed by atoms with Gasteiger partial charge in [0.2, 0.25) is 5.43 Å². The van der Waals surface area contributed by atoms with Crippen LogP contribution in [0.5, 0.6) is 0 Å². The fourth-order valence-electron chi connectivity index (χ4n) is 5.41. The molecule has 2 aromatic carbocycles. The van der Waals surface area contributed by atoms with Gasteiger partial charge in [-0.2, -0.15) is 5.10 Å². The summed E-state index contributed by atoms with van der Waals surface area (Å²) in [7, 11) is 1.32. The van der Waals surface area contributed by atoms with Crippen LogP contribution in [0.2, 0.25) is 0 Å². The molecule has 0 radical (unpaired) electrons. The second-order valence-electron chi connectivity index (χ2n) is 9.20. The molecule has 1 N–H and O–H groups in total. The van der Waals surface area contributed by atoms with Crippen LogP contribution in [-0.4, -0.2) is 56.3 Å². The standard InChI is InChI=1S/C26H24F2N4O4/c1-30(26(35)36)14-19-21(33)13-29-32-23(19)25(34)31-12-2-3-20(31)24(32)22(15-4-8-17(27)9-5-15)16-6-10-18(28)11-7-16/h4-11,13,20,22,24H,2-3,12,14H2,1H3,(H,35,36)/t20-,24-/m1/s1. The number of halogens is 2. The molecule has 0 aliphatic carbocycles. The first-order valence-electron chi connectivity index (χ1n) is 11.6. The van der Waals surface area contributed by atoms with E-state index in [1.165, 1.54) is 36.0 Å². The van der Waals surface area contributed by atoms with Crippen LogP contribution < -0.4 is 5.43 Å². The van der Waals surface area contributed by atoms with Crippen LogP contribution in [0.3, 0.4) is 0 Å². The SMILES string of the molecule is CN(Cc1c2n(ncc1=O)[C@@H](C(c1ccc(F)cc1)c1ccc(F)cc1)[C@H]1CCCN1C2=O)C(=O)O. The molecule has 2 amide bonds. The van der Waals surface area contributed by atoms with E-state index in [-0.39, 0.29) is 29.8 Å². The highest BCUT2D eigenvalue weighted by atomic mass is 19.1. The van der Waals surface area contributed by atoms with Gasteiger partial charge in [-0.25, -0.2) is 13.6 Å². The van der Waals surface area contributed by atoms with Crippen LogP contribution in [0.4, 0.5) is 13.6 Å². The molecule has 0 bridgehead atoms. The van der Waals surface area contributed by atoms with E-state index in [1.54, 1.807) is 29.2 Å². The number of fused-ring (bicyclic) bond motifs is 2. The van der Waals surface area contributed by atoms with Gasteiger partial charge in [0, 0.05) is 19.5 Å². The number of nitrogens with zero attached hydrogens (tertiary/aromatic N) is 4. The third-order valence-electron chi connectivity index (χ3n) is 7.07. The summed E-state index contributed by atoms with van der Waals surface area (Å²) in [6.07, 6.45) is 1.30. The first-order chi connectivity index (χ1) is 17.3. The molecular formula is C26H24F2N4O4. The van der Waals surface area contributed by atoms with Gasteiger partial charge in [0.25, 0.3) is 5.91 Å². The fourth-order valence-corrected chi connectivity index (χ4v) is 5.41. The maximum absolute atomic E-state index is 13.8. The van der Waals surface area contributed by atoms with E-state index >= 15 is 0 Å². The number of aromatic nitrogens is 2. The summed E-state index contributed by atoms with van der Waals surface area (Å²) < 4.78 is 29.2. The average molecular weight is 494 g/mol. The molecule has 0 spiro atoms. The molecule has 0 unspecified atom stereocenters. The molecule has 186 valence electrons. The van der Waals surface area contributed by atoms with Gasteiger partial charge in [-0.3, -0.25) is 14.3 Å². The summed E-state index contributed by atoms with van der Waals surface area (Å²) in [6.45, 7) is 0.206. The first kappa shape index (κ1) is 23.7. The Kier molecular flexibility index (Phi) is 6.03. The van der Waals surface area contributed by atoms with Gasteiger partial charge in [-0.1, -0.05) is 24.3 Å². The minimum Gasteiger partial charge on any atom is -0.465 e. The predicted molar refractivity (Wildman–Crippen MR) is 126 cm³/mol. The van der Waals surface area contributed by atoms with E-state index < -0.39 is 35.1 Å². The van der Waals surface area contributed by atoms with Crippen molar-refractivity contribution in [3.05, 3.63) is 99.0 Å². The number of benzene rings is 2. The van der Waals surface area contributed by atoms with Gasteiger partial charge in [0.1, 0.15) is 17.3 Å². The van der Waals surface area contributed by atoms with Gasteiger partial charge in [0.15, 0.2) is 0 Å². The Balaban J connectivity index is 1.75. The minimum absolute atomic E-state index is 0.0483. The summed E-state index contributed by atoms with van der Waals surface area (Å²) in [5.41, 5.74) is 1.05. The Morgan fingerprint density at radius 2 is 1.67 bits per heavy atom. The molecule has 2 atom stereocenters. The molecular weight excluding hydrogens is 470 g/mol. The molecule has 2 aliphatic heterocycles. The number of hydrogen-bond donors (Lipinski definition) is 1. The maximum Gasteiger partial charge on any atom is 0.407 e. The van der Waals surface area contributed by atoms with E-state index in [9.17, 15) is 28.3 Å². The average Bonchev–Trinajstić information content (AvgIpc) is 3.35. The maximum atomic E-state index is 13.8. The zero-order valence-electron chi connectivity index (χ0n) is 19.5. The Labute approximate surface area is 205 Å². The van der Waals surface area contributed by atoms with Gasteiger partial charge < -0.3 is 14.9 Å². The third-order valence-corrected chi connectivity index (χ3v) is 7.07. The molecule has 36 heavy (non-hydrogen) atoms. The highest BCUT2D eigenvalue weighted by Gasteiger charge is 2.47. The largest absolute Gasteiger partial charge is 0.465 e. The zero-order valence-corrected chi connectivity index (χ0v) is 19.5. The summed E-state index contributed by atoms with van der Waals surface area (Å²) in [5, 5.41) is 13.8. The molecule has 0 saturated carbocycles. The molecule has 1 saturated heterocycles. The molecule has 2 aliphatic rings. The number of carbonyl (C=O) groups excluding carboxylic acids is 1. The van der Waals surface area contributed by atoms with Crippen molar-refractivity contribution in [2.24, 2.45) is 0 Å². The van der Waals surface area contributed by atoms with Gasteiger partial charge in [0.05, 0.1) is 30.4 Å². The second-order valence-corrected chi connectivity index (χ2v) is 9.20. The van der Waals surface area contributed by atoms with Crippen LogP contribution in [0.25, 0.3) is 0 Å². The third kappa shape index (κ3) is 4.02. The van der Waals surface area contributed by atoms with Crippen molar-refractivity contribution in [3.63, 3.8) is 0 Å². The van der Waals surface area contributed by atoms with Crippen LogP contribution in [-0.2, 0) is 6.54 Å². The first-order valence-corrected chi connectivity index (χ1v) is 11.6. The van der Waals surface area contributed by atoms with E-state index in [1.807, 2.05) is 0 Å². The van der Waals surface area contributed by atoms with Crippen molar-refractivity contribution in [1.82, 2.24) is 19.6 Å². The molecule has 10 heteroatoms. The van der Waals surface area contributed by atoms with E-state index in [4.69, 9.17) is 0 Å². The number of amides is 2. The van der Waals surface area contributed by atoms with Crippen molar-refractivity contribution in [2.45, 2.75) is 37.4 Å². The number of carbonyl (C=O) groups is 2. The molecule has 8 nitrogen and oxygen atoms in total. The van der Waals surface area contributed by atoms with Crippen molar-refractivity contribution in [3.8, 4) is 0 Å². The lowest BCUT2D eigenvalue weighted by atomic mass is 9.79. The number of rotatable bonds is 5. The quantitative estimate of drug-likeness (QED) is 0.585. The van der Waals surface area contributed by atoms with Crippen molar-refractivity contribution in [1.29, 1.82) is 0 Å². The van der Waals surface area contributed by atoms with Crippen LogP contribution in [0, 0.1) is 11.6 Å². The van der Waals surface area contributed by atoms with E-state index in [2.05, 4.69) is 5.10 Å². The summed E-state index contributed by atoms with van der Waals surface area (Å²) in [6, 6.07) is 11.2. The van der Waals surface area contributed by atoms with Crippen molar-refractivity contribution in [2.75, 3.05) is 13.6 Å². The Bertz CT molecular complexity index is 1330. The molecule has 1 aromatic heterocycles. The smallest absolute Gasteiger partial charge is 0.407 e. The highest BCUT2D eigenvalue weighted by Crippen LogP contribution is 2.45. The lowest BCUT2D eigenvalue weighted by Crippen LogP contribution is -2.52. The lowest BCUT2D eigenvalue weighted by Gasteiger charge is -2.43. The summed E-state index contributed by atoms with van der Waals surface area (Å²) in [5.74, 6) is -1.63. The zero-order chi connectivity index (χ0) is 25.6. The highest BCUT2D eigenvalue weighted by molar-refractivity contribution is 5.95. The predicted octanol–water partition coefficient (Wildman–Crippen LogP) is 3.62. The Hall–Kier alpha value is -4.08. The van der Waals surface area contributed by atoms with Crippen molar-refractivity contribution >= 4 is 12.0 Å². The number of carboxylic acid groups (broad SMARTS) is 1. The fraction of sp³-hybridized carbons (Fsp3) is 0.308. The monoisotopic (exact) mass is 494 g/mol. The summed E-state index contributed by atoms with van der Waals surface area (Å²) >= 11 is 0. The molecule has 3 heterocycles. The topological polar surface area (TPSA) is 95.7 Å². The second kappa shape index (κ2) is 9.18. The Morgan fingerprint density at radius 1 is 1.08 bits per heavy atom. The minimum atomic E-state index is -1.24. The Morgan fingerprint density at radius 3 is 2.22 bits per heavy atom. The van der Waals surface area contributed by atoms with Gasteiger partial charge in [-0.15, -0.1) is 0 Å². The van der Waals surface area contributed by atoms with Crippen LogP contribution in [0.1, 0.15) is 52.0 Å². The van der Waals surface area contributed by atoms with Gasteiger partial charge in [-0.05, 0) is 48.2 Å². The molecule has 1 fully saturated rings. The molecule has 3 aromatic rings. The van der Waals surface area contributed by atoms with E-state index in [0.717, 1.165) is 28.6 Å².